The van der Waals surface area contributed by atoms with E-state index >= 15 is 0 Å². The van der Waals surface area contributed by atoms with Crippen LogP contribution in [-0.2, 0) is 20.8 Å². The maximum atomic E-state index is 14.6. The van der Waals surface area contributed by atoms with Crippen molar-refractivity contribution in [3.63, 3.8) is 0 Å². The zero-order valence-corrected chi connectivity index (χ0v) is 19.9. The maximum absolute atomic E-state index is 14.6. The normalized spacial score (nSPS) is 21.3. The van der Waals surface area contributed by atoms with Gasteiger partial charge < -0.3 is 10.2 Å². The molecule has 0 radical (unpaired) electrons. The summed E-state index contributed by atoms with van der Waals surface area (Å²) in [6.45, 7) is -0.400. The molecule has 1 saturated carbocycles. The molecule has 2 fully saturated rings. The van der Waals surface area contributed by atoms with E-state index in [1.165, 1.54) is 18.2 Å². The fraction of sp³-hybridized carbons (Fsp3) is 0.417. The zero-order valence-electron chi connectivity index (χ0n) is 19.1. The van der Waals surface area contributed by atoms with Crippen molar-refractivity contribution >= 4 is 21.7 Å². The van der Waals surface area contributed by atoms with Crippen LogP contribution >= 0.6 is 0 Å². The van der Waals surface area contributed by atoms with Gasteiger partial charge in [0.05, 0.1) is 23.0 Å². The minimum atomic E-state index is -4.73. The van der Waals surface area contributed by atoms with E-state index in [2.05, 4.69) is 5.32 Å². The molecule has 2 aromatic carbocycles. The third-order valence-corrected chi connectivity index (χ3v) is 7.49. The van der Waals surface area contributed by atoms with Gasteiger partial charge in [0.25, 0.3) is 5.91 Å². The van der Waals surface area contributed by atoms with Crippen LogP contribution in [0.15, 0.2) is 47.4 Å². The van der Waals surface area contributed by atoms with Crippen LogP contribution in [0.3, 0.4) is 0 Å². The predicted octanol–water partition coefficient (Wildman–Crippen LogP) is 4.07. The molecule has 1 aliphatic heterocycles. The van der Waals surface area contributed by atoms with E-state index in [4.69, 9.17) is 0 Å². The lowest BCUT2D eigenvalue weighted by atomic mass is 9.99. The summed E-state index contributed by atoms with van der Waals surface area (Å²) >= 11 is 0. The number of hydrogen-bond acceptors (Lipinski definition) is 4. The van der Waals surface area contributed by atoms with E-state index in [0.717, 1.165) is 29.4 Å². The van der Waals surface area contributed by atoms with E-state index in [0.29, 0.717) is 18.9 Å². The fourth-order valence-electron chi connectivity index (χ4n) is 4.37. The average molecular weight is 531 g/mol. The van der Waals surface area contributed by atoms with Crippen LogP contribution < -0.4 is 5.32 Å². The molecule has 3 atom stereocenters. The van der Waals surface area contributed by atoms with E-state index in [9.17, 15) is 40.0 Å². The standard InChI is InChI=1S/C24H23F5N2O4S/c1-36(34,35)17-4-2-3-14(9-17)23(33)31-12-16(25)11-20(31)22(32)30-21(13-5-6-13)18-8-7-15(10-19(18)26)24(27,28)29/h2-4,7-10,13,16,20-21H,5-6,11-12H2,1H3,(H,30,32)/t16-,20-,21?/m1/s1. The predicted molar refractivity (Wildman–Crippen MR) is 119 cm³/mol. The second kappa shape index (κ2) is 9.45. The molecule has 0 spiro atoms. The summed E-state index contributed by atoms with van der Waals surface area (Å²) in [7, 11) is -3.62. The summed E-state index contributed by atoms with van der Waals surface area (Å²) in [4.78, 5) is 27.1. The summed E-state index contributed by atoms with van der Waals surface area (Å²) in [5.74, 6) is -2.84. The Morgan fingerprint density at radius 1 is 1.11 bits per heavy atom. The lowest BCUT2D eigenvalue weighted by Gasteiger charge is -2.27. The van der Waals surface area contributed by atoms with Crippen LogP contribution in [0.4, 0.5) is 22.0 Å². The van der Waals surface area contributed by atoms with Crippen molar-refractivity contribution in [1.29, 1.82) is 0 Å². The smallest absolute Gasteiger partial charge is 0.347 e. The number of carbonyl (C=O) groups is 2. The van der Waals surface area contributed by atoms with Gasteiger partial charge in [-0.05, 0) is 49.1 Å². The van der Waals surface area contributed by atoms with Gasteiger partial charge in [0.15, 0.2) is 9.84 Å². The van der Waals surface area contributed by atoms with Crippen LogP contribution in [0.5, 0.6) is 0 Å². The molecule has 1 saturated heterocycles. The summed E-state index contributed by atoms with van der Waals surface area (Å²) in [6, 6.07) is 5.04. The Bertz CT molecular complexity index is 1290. The Kier molecular flexibility index (Phi) is 6.84. The molecule has 36 heavy (non-hydrogen) atoms. The van der Waals surface area contributed by atoms with Gasteiger partial charge in [-0.3, -0.25) is 9.59 Å². The van der Waals surface area contributed by atoms with Crippen molar-refractivity contribution < 1.29 is 40.0 Å². The maximum Gasteiger partial charge on any atom is 0.416 e. The molecule has 2 aromatic rings. The molecule has 2 aliphatic rings. The quantitative estimate of drug-likeness (QED) is 0.571. The number of carbonyl (C=O) groups excluding carboxylic acids is 2. The number of amides is 2. The molecule has 194 valence electrons. The van der Waals surface area contributed by atoms with E-state index < -0.39 is 64.0 Å². The van der Waals surface area contributed by atoms with E-state index in [1.807, 2.05) is 0 Å². The highest BCUT2D eigenvalue weighted by atomic mass is 32.2. The Morgan fingerprint density at radius 2 is 1.81 bits per heavy atom. The van der Waals surface area contributed by atoms with Crippen LogP contribution in [-0.4, -0.2) is 50.1 Å². The molecular weight excluding hydrogens is 507 g/mol. The Balaban J connectivity index is 1.57. The molecule has 12 heteroatoms. The van der Waals surface area contributed by atoms with Crippen molar-refractivity contribution in [2.75, 3.05) is 12.8 Å². The number of nitrogens with zero attached hydrogens (tertiary/aromatic N) is 1. The molecule has 1 unspecified atom stereocenters. The molecular formula is C24H23F5N2O4S. The highest BCUT2D eigenvalue weighted by Crippen LogP contribution is 2.43. The number of halogens is 5. The van der Waals surface area contributed by atoms with Crippen molar-refractivity contribution in [2.24, 2.45) is 5.92 Å². The molecule has 4 rings (SSSR count). The van der Waals surface area contributed by atoms with E-state index in [1.54, 1.807) is 0 Å². The second-order valence-corrected chi connectivity index (χ2v) is 11.2. The van der Waals surface area contributed by atoms with Gasteiger partial charge in [-0.2, -0.15) is 13.2 Å². The van der Waals surface area contributed by atoms with Gasteiger partial charge in [0.1, 0.15) is 18.0 Å². The highest BCUT2D eigenvalue weighted by Gasteiger charge is 2.43. The number of alkyl halides is 4. The Morgan fingerprint density at radius 3 is 2.39 bits per heavy atom. The second-order valence-electron chi connectivity index (χ2n) is 9.16. The summed E-state index contributed by atoms with van der Waals surface area (Å²) in [5, 5.41) is 2.61. The highest BCUT2D eigenvalue weighted by molar-refractivity contribution is 7.90. The molecule has 1 aliphatic carbocycles. The van der Waals surface area contributed by atoms with Gasteiger partial charge in [-0.15, -0.1) is 0 Å². The molecule has 6 nitrogen and oxygen atoms in total. The lowest BCUT2D eigenvalue weighted by Crippen LogP contribution is -2.47. The minimum absolute atomic E-state index is 0.0441. The summed E-state index contributed by atoms with van der Waals surface area (Å²) in [6.07, 6.45) is -4.38. The number of rotatable bonds is 6. The van der Waals surface area contributed by atoms with Crippen LogP contribution in [0.2, 0.25) is 0 Å². The van der Waals surface area contributed by atoms with E-state index in [-0.39, 0.29) is 28.4 Å². The van der Waals surface area contributed by atoms with Gasteiger partial charge >= 0.3 is 6.18 Å². The lowest BCUT2D eigenvalue weighted by molar-refractivity contribution is -0.137. The summed E-state index contributed by atoms with van der Waals surface area (Å²) in [5.41, 5.74) is -1.32. The van der Waals surface area contributed by atoms with Crippen molar-refractivity contribution in [3.05, 3.63) is 65.0 Å². The van der Waals surface area contributed by atoms with Gasteiger partial charge in [-0.1, -0.05) is 12.1 Å². The molecule has 1 heterocycles. The first-order valence-corrected chi connectivity index (χ1v) is 13.1. The third-order valence-electron chi connectivity index (χ3n) is 6.38. The number of benzene rings is 2. The Hall–Kier alpha value is -3.02. The molecule has 0 bridgehead atoms. The number of nitrogens with one attached hydrogen (secondary N) is 1. The topological polar surface area (TPSA) is 83.6 Å². The first-order chi connectivity index (χ1) is 16.8. The monoisotopic (exact) mass is 530 g/mol. The number of sulfone groups is 1. The van der Waals surface area contributed by atoms with Gasteiger partial charge in [-0.25, -0.2) is 17.2 Å². The van der Waals surface area contributed by atoms with Crippen LogP contribution in [0, 0.1) is 11.7 Å². The first-order valence-electron chi connectivity index (χ1n) is 11.2. The molecule has 1 N–H and O–H groups in total. The average Bonchev–Trinajstić information content (AvgIpc) is 3.56. The van der Waals surface area contributed by atoms with Crippen molar-refractivity contribution in [3.8, 4) is 0 Å². The summed E-state index contributed by atoms with van der Waals surface area (Å²) < 4.78 is 91.5. The third kappa shape index (κ3) is 5.53. The number of hydrogen-bond donors (Lipinski definition) is 1. The minimum Gasteiger partial charge on any atom is -0.347 e. The van der Waals surface area contributed by atoms with Gasteiger partial charge in [0, 0.05) is 23.8 Å². The Labute approximate surface area is 204 Å². The van der Waals surface area contributed by atoms with Gasteiger partial charge in [0.2, 0.25) is 5.91 Å². The van der Waals surface area contributed by atoms with Crippen LogP contribution in [0.25, 0.3) is 0 Å². The SMILES string of the molecule is CS(=O)(=O)c1cccc(C(=O)N2C[C@H](F)C[C@@H]2C(=O)NC(c2ccc(C(F)(F)F)cc2F)C2CC2)c1. The van der Waals surface area contributed by atoms with Crippen LogP contribution in [0.1, 0.15) is 46.8 Å². The van der Waals surface area contributed by atoms with Crippen molar-refractivity contribution in [2.45, 2.75) is 48.6 Å². The molecule has 2 amide bonds. The zero-order chi connectivity index (χ0) is 26.4. The van der Waals surface area contributed by atoms with Crippen molar-refractivity contribution in [1.82, 2.24) is 10.2 Å². The largest absolute Gasteiger partial charge is 0.416 e. The molecule has 0 aromatic heterocycles. The number of likely N-dealkylation sites (tertiary alicyclic amines) is 1. The first kappa shape index (κ1) is 26.1. The fourth-order valence-corrected chi connectivity index (χ4v) is 5.03.